The number of benzene rings is 1. The van der Waals surface area contributed by atoms with E-state index in [2.05, 4.69) is 32.6 Å². The Morgan fingerprint density at radius 3 is 2.79 bits per heavy atom. The molecule has 6 radical (unpaired) electrons. The number of hydrogen-bond acceptors (Lipinski definition) is 1. The van der Waals surface area contributed by atoms with Crippen molar-refractivity contribution in [1.29, 1.82) is 0 Å². The molecule has 1 fully saturated rings. The van der Waals surface area contributed by atoms with Gasteiger partial charge in [-0.15, -0.1) is 0 Å². The van der Waals surface area contributed by atoms with E-state index in [-0.39, 0.29) is 5.22 Å². The molecule has 70 valence electrons. The molecule has 1 unspecified atom stereocenters. The minimum absolute atomic E-state index is 0.263. The SMILES string of the molecule is [Si]c1cccc(C2([Si])CCCCO2)c1. The average Bonchev–Trinajstić information content (AvgIpc) is 2.19. The van der Waals surface area contributed by atoms with Gasteiger partial charge in [0.2, 0.25) is 0 Å². The highest BCUT2D eigenvalue weighted by molar-refractivity contribution is 6.32. The molecule has 1 nitrogen and oxygen atoms in total. The highest BCUT2D eigenvalue weighted by atomic mass is 28.1. The third kappa shape index (κ3) is 1.99. The molecule has 3 heteroatoms. The first-order valence-electron chi connectivity index (χ1n) is 4.92. The Morgan fingerprint density at radius 2 is 2.14 bits per heavy atom. The van der Waals surface area contributed by atoms with E-state index in [1.54, 1.807) is 0 Å². The van der Waals surface area contributed by atoms with Gasteiger partial charge in [-0.1, -0.05) is 29.5 Å². The Morgan fingerprint density at radius 1 is 1.29 bits per heavy atom. The minimum atomic E-state index is -0.263. The predicted octanol–water partition coefficient (Wildman–Crippen LogP) is 1.00. The maximum absolute atomic E-state index is 5.80. The summed E-state index contributed by atoms with van der Waals surface area (Å²) in [6, 6.07) is 8.27. The van der Waals surface area contributed by atoms with Gasteiger partial charge in [-0.25, -0.2) is 0 Å². The molecule has 1 aromatic rings. The van der Waals surface area contributed by atoms with Gasteiger partial charge in [0.1, 0.15) is 0 Å². The van der Waals surface area contributed by atoms with Crippen LogP contribution in [-0.2, 0) is 9.96 Å². The smallest absolute Gasteiger partial charge is 0.0773 e. The van der Waals surface area contributed by atoms with Gasteiger partial charge in [0.25, 0.3) is 0 Å². The Balaban J connectivity index is 2.28. The van der Waals surface area contributed by atoms with Crippen LogP contribution in [0.3, 0.4) is 0 Å². The highest BCUT2D eigenvalue weighted by Gasteiger charge is 2.29. The molecule has 0 aromatic heterocycles. The summed E-state index contributed by atoms with van der Waals surface area (Å²) in [4.78, 5) is 0. The van der Waals surface area contributed by atoms with Gasteiger partial charge >= 0.3 is 0 Å². The van der Waals surface area contributed by atoms with Crippen molar-refractivity contribution >= 4 is 25.7 Å². The van der Waals surface area contributed by atoms with E-state index in [1.165, 1.54) is 18.4 Å². The summed E-state index contributed by atoms with van der Waals surface area (Å²) in [6.45, 7) is 0.843. The van der Waals surface area contributed by atoms with Crippen LogP contribution in [0.15, 0.2) is 24.3 Å². The summed E-state index contributed by atoms with van der Waals surface area (Å²) < 4.78 is 5.80. The zero-order valence-corrected chi connectivity index (χ0v) is 10.0. The molecule has 1 heterocycles. The molecule has 1 aliphatic rings. The second-order valence-electron chi connectivity index (χ2n) is 3.71. The Kier molecular flexibility index (Phi) is 2.90. The fourth-order valence-electron chi connectivity index (χ4n) is 1.79. The average molecular weight is 216 g/mol. The molecule has 0 bridgehead atoms. The quantitative estimate of drug-likeness (QED) is 0.637. The third-order valence-electron chi connectivity index (χ3n) is 2.60. The molecule has 0 spiro atoms. The van der Waals surface area contributed by atoms with E-state index in [1.807, 2.05) is 12.1 Å². The molecule has 1 atom stereocenters. The topological polar surface area (TPSA) is 9.23 Å². The lowest BCUT2D eigenvalue weighted by atomic mass is 10.0. The van der Waals surface area contributed by atoms with Crippen molar-refractivity contribution in [2.75, 3.05) is 6.61 Å². The zero-order chi connectivity index (χ0) is 10.0. The zero-order valence-electron chi connectivity index (χ0n) is 8.05. The van der Waals surface area contributed by atoms with Crippen molar-refractivity contribution in [3.05, 3.63) is 29.8 Å². The van der Waals surface area contributed by atoms with E-state index in [9.17, 15) is 0 Å². The first-order chi connectivity index (χ1) is 6.71. The van der Waals surface area contributed by atoms with Gasteiger partial charge in [0.05, 0.1) is 25.7 Å². The Bertz CT molecular complexity index is 319. The maximum atomic E-state index is 5.80. The lowest BCUT2D eigenvalue weighted by molar-refractivity contribution is -0.0209. The molecule has 1 aliphatic heterocycles. The van der Waals surface area contributed by atoms with Crippen LogP contribution in [0.2, 0.25) is 0 Å². The molecule has 1 aromatic carbocycles. The van der Waals surface area contributed by atoms with Crippen molar-refractivity contribution in [3.8, 4) is 0 Å². The number of rotatable bonds is 1. The molecule has 1 saturated heterocycles. The fraction of sp³-hybridized carbons (Fsp3) is 0.455. The summed E-state index contributed by atoms with van der Waals surface area (Å²) in [5.41, 5.74) is 1.20. The van der Waals surface area contributed by atoms with E-state index in [4.69, 9.17) is 4.74 Å². The Hall–Kier alpha value is -0.386. The van der Waals surface area contributed by atoms with Crippen LogP contribution in [-0.4, -0.2) is 27.1 Å². The molecular weight excluding hydrogens is 204 g/mol. The van der Waals surface area contributed by atoms with Crippen LogP contribution >= 0.6 is 0 Å². The summed E-state index contributed by atoms with van der Waals surface area (Å²) >= 11 is 0. The predicted molar refractivity (Wildman–Crippen MR) is 59.1 cm³/mol. The molecule has 0 N–H and O–H groups in total. The van der Waals surface area contributed by atoms with E-state index < -0.39 is 0 Å². The van der Waals surface area contributed by atoms with E-state index in [0.29, 0.717) is 0 Å². The fourth-order valence-corrected chi connectivity index (χ4v) is 2.48. The molecule has 14 heavy (non-hydrogen) atoms. The van der Waals surface area contributed by atoms with Gasteiger partial charge in [-0.3, -0.25) is 0 Å². The second-order valence-corrected chi connectivity index (χ2v) is 5.10. The van der Waals surface area contributed by atoms with Crippen molar-refractivity contribution < 1.29 is 4.74 Å². The van der Waals surface area contributed by atoms with E-state index in [0.717, 1.165) is 18.2 Å². The highest BCUT2D eigenvalue weighted by Crippen LogP contribution is 2.31. The maximum Gasteiger partial charge on any atom is 0.0773 e. The van der Waals surface area contributed by atoms with E-state index >= 15 is 0 Å². The standard InChI is InChI=1S/C11H12OSi2/c13-10-5-3-4-9(8-10)11(14)6-1-2-7-12-11/h3-5,8H,1-2,6-7H2. The van der Waals surface area contributed by atoms with Crippen LogP contribution in [0.1, 0.15) is 24.8 Å². The second kappa shape index (κ2) is 4.00. The molecule has 0 saturated carbocycles. The van der Waals surface area contributed by atoms with Gasteiger partial charge in [0, 0.05) is 6.61 Å². The summed E-state index contributed by atoms with van der Waals surface area (Å²) in [5, 5.41) is 0.829. The van der Waals surface area contributed by atoms with Crippen LogP contribution in [0.25, 0.3) is 0 Å². The third-order valence-corrected chi connectivity index (χ3v) is 3.59. The first kappa shape index (κ1) is 10.1. The summed E-state index contributed by atoms with van der Waals surface area (Å²) in [6.07, 6.45) is 3.43. The largest absolute Gasteiger partial charge is 0.375 e. The summed E-state index contributed by atoms with van der Waals surface area (Å²) in [7, 11) is 7.28. The lowest BCUT2D eigenvalue weighted by Gasteiger charge is -2.34. The van der Waals surface area contributed by atoms with Gasteiger partial charge in [-0.2, -0.15) is 0 Å². The minimum Gasteiger partial charge on any atom is -0.375 e. The normalized spacial score (nSPS) is 27.6. The van der Waals surface area contributed by atoms with Crippen molar-refractivity contribution in [1.82, 2.24) is 0 Å². The van der Waals surface area contributed by atoms with Crippen LogP contribution < -0.4 is 5.19 Å². The molecule has 0 amide bonds. The van der Waals surface area contributed by atoms with Gasteiger partial charge in [-0.05, 0) is 24.8 Å². The molecule has 2 rings (SSSR count). The monoisotopic (exact) mass is 216 g/mol. The summed E-state index contributed by atoms with van der Waals surface area (Å²) in [5.74, 6) is 0. The molecule has 0 aliphatic carbocycles. The lowest BCUT2D eigenvalue weighted by Crippen LogP contribution is -2.34. The van der Waals surface area contributed by atoms with Crippen LogP contribution in [0.5, 0.6) is 0 Å². The number of hydrogen-bond donors (Lipinski definition) is 0. The first-order valence-corrected chi connectivity index (χ1v) is 5.92. The van der Waals surface area contributed by atoms with Crippen LogP contribution in [0, 0.1) is 0 Å². The van der Waals surface area contributed by atoms with Crippen molar-refractivity contribution in [2.24, 2.45) is 0 Å². The van der Waals surface area contributed by atoms with Crippen molar-refractivity contribution in [3.63, 3.8) is 0 Å². The van der Waals surface area contributed by atoms with Crippen molar-refractivity contribution in [2.45, 2.75) is 24.5 Å². The van der Waals surface area contributed by atoms with Gasteiger partial charge < -0.3 is 4.74 Å². The van der Waals surface area contributed by atoms with Crippen LogP contribution in [0.4, 0.5) is 0 Å². The molecular formula is C11H12OSi2. The number of ether oxygens (including phenoxy) is 1. The Labute approximate surface area is 91.7 Å². The van der Waals surface area contributed by atoms with Gasteiger partial charge in [0.15, 0.2) is 0 Å².